The van der Waals surface area contributed by atoms with Gasteiger partial charge in [-0.2, -0.15) is 5.10 Å². The molecule has 2 unspecified atom stereocenters. The third kappa shape index (κ3) is 2.60. The maximum atomic E-state index is 5.94. The molecule has 106 valence electrons. The molecule has 5 heteroatoms. The lowest BCUT2D eigenvalue weighted by atomic mass is 9.92. The topological polar surface area (TPSA) is 65.1 Å². The van der Waals surface area contributed by atoms with Crippen molar-refractivity contribution in [1.29, 1.82) is 0 Å². The molecule has 20 heavy (non-hydrogen) atoms. The molecule has 0 saturated carbocycles. The van der Waals surface area contributed by atoms with E-state index in [1.807, 2.05) is 19.4 Å². The first-order valence-corrected chi connectivity index (χ1v) is 6.92. The summed E-state index contributed by atoms with van der Waals surface area (Å²) in [4.78, 5) is 0. The monoisotopic (exact) mass is 272 g/mol. The highest BCUT2D eigenvalue weighted by molar-refractivity contribution is 5.31. The maximum absolute atomic E-state index is 5.94. The van der Waals surface area contributed by atoms with Crippen LogP contribution in [-0.4, -0.2) is 16.4 Å². The fourth-order valence-electron chi connectivity index (χ4n) is 2.81. The molecule has 0 bridgehead atoms. The Balaban J connectivity index is 1.80. The number of aryl methyl sites for hydroxylation is 1. The second kappa shape index (κ2) is 5.75. The van der Waals surface area contributed by atoms with Gasteiger partial charge in [0.2, 0.25) is 0 Å². The van der Waals surface area contributed by atoms with Crippen molar-refractivity contribution in [2.24, 2.45) is 12.9 Å². The Bertz CT molecular complexity index is 581. The second-order valence-electron chi connectivity index (χ2n) is 5.21. The molecule has 1 aromatic carbocycles. The van der Waals surface area contributed by atoms with E-state index in [9.17, 15) is 0 Å². The minimum absolute atomic E-state index is 0.0415. The number of nitrogens with zero attached hydrogens (tertiary/aromatic N) is 2. The summed E-state index contributed by atoms with van der Waals surface area (Å²) in [6.45, 7) is 0.770. The van der Waals surface area contributed by atoms with Crippen LogP contribution in [0, 0.1) is 0 Å². The summed E-state index contributed by atoms with van der Waals surface area (Å²) < 4.78 is 7.73. The highest BCUT2D eigenvalue weighted by Crippen LogP contribution is 2.33. The normalized spacial score (nSPS) is 19.6. The second-order valence-corrected chi connectivity index (χ2v) is 5.21. The van der Waals surface area contributed by atoms with Crippen LogP contribution in [0.1, 0.15) is 35.3 Å². The standard InChI is InChI=1S/C15H20N4O/c1-19-10-12(9-17-19)14(18-16)8-15-13-5-3-2-4-11(13)6-7-20-15/h2-5,9-10,14-15,18H,6-8,16H2,1H3. The molecule has 0 radical (unpaired) electrons. The molecule has 0 fully saturated rings. The summed E-state index contributed by atoms with van der Waals surface area (Å²) in [5.74, 6) is 5.71. The highest BCUT2D eigenvalue weighted by Gasteiger charge is 2.24. The van der Waals surface area contributed by atoms with Gasteiger partial charge in [0.1, 0.15) is 0 Å². The quantitative estimate of drug-likeness (QED) is 0.656. The molecule has 1 aliphatic heterocycles. The van der Waals surface area contributed by atoms with Crippen molar-refractivity contribution in [1.82, 2.24) is 15.2 Å². The van der Waals surface area contributed by atoms with Crippen molar-refractivity contribution >= 4 is 0 Å². The fraction of sp³-hybridized carbons (Fsp3) is 0.400. The first-order chi connectivity index (χ1) is 9.78. The third-order valence-corrected chi connectivity index (χ3v) is 3.87. The van der Waals surface area contributed by atoms with Crippen LogP contribution in [-0.2, 0) is 18.2 Å². The number of nitrogens with two attached hydrogens (primary N) is 1. The first kappa shape index (κ1) is 13.3. The summed E-state index contributed by atoms with van der Waals surface area (Å²) in [5, 5.41) is 4.20. The van der Waals surface area contributed by atoms with E-state index in [-0.39, 0.29) is 12.1 Å². The number of hydrogen-bond acceptors (Lipinski definition) is 4. The van der Waals surface area contributed by atoms with Crippen LogP contribution < -0.4 is 11.3 Å². The molecule has 2 aromatic rings. The lowest BCUT2D eigenvalue weighted by Crippen LogP contribution is -2.30. The van der Waals surface area contributed by atoms with Gasteiger partial charge in [0.25, 0.3) is 0 Å². The first-order valence-electron chi connectivity index (χ1n) is 6.92. The van der Waals surface area contributed by atoms with Crippen LogP contribution in [0.2, 0.25) is 0 Å². The number of hydrazine groups is 1. The number of rotatable bonds is 4. The van der Waals surface area contributed by atoms with E-state index >= 15 is 0 Å². The van der Waals surface area contributed by atoms with E-state index in [1.54, 1.807) is 4.68 Å². The Morgan fingerprint density at radius 2 is 2.35 bits per heavy atom. The van der Waals surface area contributed by atoms with Crippen LogP contribution in [0.15, 0.2) is 36.7 Å². The van der Waals surface area contributed by atoms with E-state index < -0.39 is 0 Å². The Labute approximate surface area is 118 Å². The maximum Gasteiger partial charge on any atom is 0.0846 e. The molecule has 3 N–H and O–H groups in total. The highest BCUT2D eigenvalue weighted by atomic mass is 16.5. The molecule has 0 amide bonds. The molecular weight excluding hydrogens is 252 g/mol. The minimum Gasteiger partial charge on any atom is -0.373 e. The number of hydrogen-bond donors (Lipinski definition) is 2. The summed E-state index contributed by atoms with van der Waals surface area (Å²) in [6, 6.07) is 8.52. The molecular formula is C15H20N4O. The van der Waals surface area contributed by atoms with Crippen LogP contribution in [0.3, 0.4) is 0 Å². The van der Waals surface area contributed by atoms with Crippen LogP contribution >= 0.6 is 0 Å². The van der Waals surface area contributed by atoms with Crippen molar-refractivity contribution < 1.29 is 4.74 Å². The average Bonchev–Trinajstić information content (AvgIpc) is 2.91. The van der Waals surface area contributed by atoms with Crippen LogP contribution in [0.4, 0.5) is 0 Å². The number of nitrogens with one attached hydrogen (secondary N) is 1. The van der Waals surface area contributed by atoms with Gasteiger partial charge in [0.05, 0.1) is 24.9 Å². The number of benzene rings is 1. The number of fused-ring (bicyclic) bond motifs is 1. The molecule has 1 aromatic heterocycles. The van der Waals surface area contributed by atoms with Crippen LogP contribution in [0.25, 0.3) is 0 Å². The van der Waals surface area contributed by atoms with Gasteiger partial charge in [0, 0.05) is 18.8 Å². The summed E-state index contributed by atoms with van der Waals surface area (Å²) in [6.07, 6.45) is 5.71. The Morgan fingerprint density at radius 1 is 1.50 bits per heavy atom. The van der Waals surface area contributed by atoms with Crippen LogP contribution in [0.5, 0.6) is 0 Å². The van der Waals surface area contributed by atoms with Gasteiger partial charge in [0.15, 0.2) is 0 Å². The van der Waals surface area contributed by atoms with Crippen molar-refractivity contribution in [2.45, 2.75) is 25.0 Å². The summed E-state index contributed by atoms with van der Waals surface area (Å²) >= 11 is 0. The summed E-state index contributed by atoms with van der Waals surface area (Å²) in [7, 11) is 1.91. The Hall–Kier alpha value is -1.69. The van der Waals surface area contributed by atoms with Gasteiger partial charge in [-0.05, 0) is 24.0 Å². The van der Waals surface area contributed by atoms with E-state index in [1.165, 1.54) is 11.1 Å². The lowest BCUT2D eigenvalue weighted by Gasteiger charge is -2.28. The SMILES string of the molecule is Cn1cc(C(CC2OCCc3ccccc32)NN)cn1. The Kier molecular flexibility index (Phi) is 3.82. The third-order valence-electron chi connectivity index (χ3n) is 3.87. The number of aromatic nitrogens is 2. The summed E-state index contributed by atoms with van der Waals surface area (Å²) in [5.41, 5.74) is 6.62. The van der Waals surface area contributed by atoms with Gasteiger partial charge in [-0.15, -0.1) is 0 Å². The fourth-order valence-corrected chi connectivity index (χ4v) is 2.81. The van der Waals surface area contributed by atoms with E-state index in [2.05, 4.69) is 34.8 Å². The van der Waals surface area contributed by atoms with Crippen molar-refractivity contribution in [3.05, 3.63) is 53.3 Å². The van der Waals surface area contributed by atoms with E-state index in [0.29, 0.717) is 0 Å². The molecule has 3 rings (SSSR count). The van der Waals surface area contributed by atoms with E-state index in [4.69, 9.17) is 10.6 Å². The van der Waals surface area contributed by atoms with Gasteiger partial charge in [-0.3, -0.25) is 16.0 Å². The predicted octanol–water partition coefficient (Wildman–Crippen LogP) is 1.63. The zero-order valence-electron chi connectivity index (χ0n) is 11.6. The van der Waals surface area contributed by atoms with Crippen molar-refractivity contribution in [2.75, 3.05) is 6.61 Å². The molecule has 0 aliphatic carbocycles. The zero-order chi connectivity index (χ0) is 13.9. The van der Waals surface area contributed by atoms with Crippen molar-refractivity contribution in [3.8, 4) is 0 Å². The predicted molar refractivity (Wildman–Crippen MR) is 76.7 cm³/mol. The van der Waals surface area contributed by atoms with Gasteiger partial charge >= 0.3 is 0 Å². The molecule has 0 saturated heterocycles. The average molecular weight is 272 g/mol. The smallest absolute Gasteiger partial charge is 0.0846 e. The van der Waals surface area contributed by atoms with Gasteiger partial charge in [-0.25, -0.2) is 0 Å². The minimum atomic E-state index is 0.0415. The lowest BCUT2D eigenvalue weighted by molar-refractivity contribution is 0.0293. The zero-order valence-corrected chi connectivity index (χ0v) is 11.6. The van der Waals surface area contributed by atoms with Gasteiger partial charge < -0.3 is 4.74 Å². The van der Waals surface area contributed by atoms with Crippen molar-refractivity contribution in [3.63, 3.8) is 0 Å². The molecule has 5 nitrogen and oxygen atoms in total. The number of ether oxygens (including phenoxy) is 1. The van der Waals surface area contributed by atoms with E-state index in [0.717, 1.165) is 25.0 Å². The molecule has 0 spiro atoms. The molecule has 2 atom stereocenters. The molecule has 1 aliphatic rings. The van der Waals surface area contributed by atoms with Gasteiger partial charge in [-0.1, -0.05) is 24.3 Å². The Morgan fingerprint density at radius 3 is 3.10 bits per heavy atom. The largest absolute Gasteiger partial charge is 0.373 e. The molecule has 2 heterocycles.